The van der Waals surface area contributed by atoms with Crippen molar-refractivity contribution in [2.24, 2.45) is 0 Å². The van der Waals surface area contributed by atoms with Crippen LogP contribution in [-0.2, 0) is 6.42 Å². The molecule has 1 aromatic rings. The molecule has 1 rings (SSSR count). The molecule has 0 aromatic heterocycles. The third-order valence-corrected chi connectivity index (χ3v) is 1.76. The minimum atomic E-state index is -1.24. The highest BCUT2D eigenvalue weighted by Gasteiger charge is 2.13. The largest absolute Gasteiger partial charge is 0.478 e. The summed E-state index contributed by atoms with van der Waals surface area (Å²) in [5.74, 6) is -3.38. The number of hydrogen-bond acceptors (Lipinski definition) is 1. The van der Waals surface area contributed by atoms with Crippen LogP contribution in [0.3, 0.4) is 0 Å². The average Bonchev–Trinajstić information content (AvgIpc) is 2.08. The van der Waals surface area contributed by atoms with Crippen LogP contribution in [0.5, 0.6) is 0 Å². The first-order chi connectivity index (χ1) is 6.06. The molecular weight excluding hydrogens is 178 g/mol. The van der Waals surface area contributed by atoms with Crippen molar-refractivity contribution >= 4 is 5.97 Å². The van der Waals surface area contributed by atoms with E-state index < -0.39 is 17.6 Å². The Morgan fingerprint density at radius 3 is 2.38 bits per heavy atom. The molecule has 13 heavy (non-hydrogen) atoms. The van der Waals surface area contributed by atoms with Gasteiger partial charge in [-0.1, -0.05) is 6.92 Å². The van der Waals surface area contributed by atoms with E-state index >= 15 is 0 Å². The smallest absolute Gasteiger partial charge is 0.336 e. The summed E-state index contributed by atoms with van der Waals surface area (Å²) >= 11 is 0. The first-order valence-electron chi connectivity index (χ1n) is 3.77. The molecule has 2 nitrogen and oxygen atoms in total. The number of halogens is 2. The van der Waals surface area contributed by atoms with Crippen LogP contribution in [0.4, 0.5) is 8.78 Å². The van der Waals surface area contributed by atoms with Gasteiger partial charge in [-0.25, -0.2) is 13.6 Å². The van der Waals surface area contributed by atoms with Crippen molar-refractivity contribution in [1.29, 1.82) is 0 Å². The molecule has 0 unspecified atom stereocenters. The monoisotopic (exact) mass is 186 g/mol. The van der Waals surface area contributed by atoms with Crippen molar-refractivity contribution in [3.63, 3.8) is 0 Å². The zero-order valence-electron chi connectivity index (χ0n) is 6.97. The first kappa shape index (κ1) is 9.64. The van der Waals surface area contributed by atoms with Crippen molar-refractivity contribution in [3.8, 4) is 0 Å². The fourth-order valence-electron chi connectivity index (χ4n) is 1.08. The maximum absolute atomic E-state index is 12.6. The summed E-state index contributed by atoms with van der Waals surface area (Å²) in [7, 11) is 0. The minimum absolute atomic E-state index is 0.179. The van der Waals surface area contributed by atoms with Crippen molar-refractivity contribution in [1.82, 2.24) is 0 Å². The lowest BCUT2D eigenvalue weighted by Gasteiger charge is -2.03. The molecule has 1 N–H and O–H groups in total. The molecule has 0 aliphatic carbocycles. The van der Waals surface area contributed by atoms with Gasteiger partial charge in [-0.3, -0.25) is 0 Å². The van der Waals surface area contributed by atoms with Gasteiger partial charge in [0.05, 0.1) is 5.56 Å². The first-order valence-corrected chi connectivity index (χ1v) is 3.77. The van der Waals surface area contributed by atoms with Crippen LogP contribution >= 0.6 is 0 Å². The molecule has 1 aromatic carbocycles. The maximum atomic E-state index is 12.6. The molecule has 0 aliphatic rings. The Bertz CT molecular complexity index is 348. The predicted molar refractivity (Wildman–Crippen MR) is 42.7 cm³/mol. The molecule has 0 saturated carbocycles. The van der Waals surface area contributed by atoms with Crippen LogP contribution in [0.25, 0.3) is 0 Å². The highest BCUT2D eigenvalue weighted by Crippen LogP contribution is 2.15. The Hall–Kier alpha value is -1.45. The summed E-state index contributed by atoms with van der Waals surface area (Å²) in [6, 6.07) is 1.62. The molecule has 0 atom stereocenters. The Morgan fingerprint density at radius 2 is 1.92 bits per heavy atom. The van der Waals surface area contributed by atoms with Crippen LogP contribution in [0.15, 0.2) is 12.1 Å². The number of carboxylic acids is 1. The molecule has 0 bridgehead atoms. The summed E-state index contributed by atoms with van der Waals surface area (Å²) in [6.07, 6.45) is 0.360. The molecule has 70 valence electrons. The highest BCUT2D eigenvalue weighted by molar-refractivity contribution is 5.89. The van der Waals surface area contributed by atoms with Gasteiger partial charge in [-0.2, -0.15) is 0 Å². The lowest BCUT2D eigenvalue weighted by molar-refractivity contribution is 0.0695. The van der Waals surface area contributed by atoms with Crippen molar-refractivity contribution in [2.45, 2.75) is 13.3 Å². The van der Waals surface area contributed by atoms with Gasteiger partial charge >= 0.3 is 5.97 Å². The Kier molecular flexibility index (Phi) is 2.60. The lowest BCUT2D eigenvalue weighted by Crippen LogP contribution is -2.04. The zero-order chi connectivity index (χ0) is 10.0. The van der Waals surface area contributed by atoms with E-state index in [1.165, 1.54) is 0 Å². The SMILES string of the molecule is CCc1cc(F)c(F)cc1C(=O)O. The van der Waals surface area contributed by atoms with E-state index in [1.807, 2.05) is 0 Å². The van der Waals surface area contributed by atoms with Crippen molar-refractivity contribution in [2.75, 3.05) is 0 Å². The second-order valence-electron chi connectivity index (χ2n) is 2.58. The normalized spacial score (nSPS) is 10.1. The molecule has 0 saturated heterocycles. The second-order valence-corrected chi connectivity index (χ2v) is 2.58. The summed E-state index contributed by atoms with van der Waals surface area (Å²) < 4.78 is 25.3. The van der Waals surface area contributed by atoms with Crippen molar-refractivity contribution in [3.05, 3.63) is 34.9 Å². The molecular formula is C9H8F2O2. The number of aromatic carboxylic acids is 1. The fourth-order valence-corrected chi connectivity index (χ4v) is 1.08. The number of aryl methyl sites for hydroxylation is 1. The number of carboxylic acid groups (broad SMARTS) is 1. The Balaban J connectivity index is 3.33. The van der Waals surface area contributed by atoms with Gasteiger partial charge in [-0.15, -0.1) is 0 Å². The molecule has 0 heterocycles. The lowest BCUT2D eigenvalue weighted by atomic mass is 10.1. The van der Waals surface area contributed by atoms with Gasteiger partial charge in [-0.05, 0) is 24.1 Å². The van der Waals surface area contributed by atoms with Gasteiger partial charge in [0.2, 0.25) is 0 Å². The number of hydrogen-bond donors (Lipinski definition) is 1. The molecule has 0 spiro atoms. The van der Waals surface area contributed by atoms with E-state index in [4.69, 9.17) is 5.11 Å². The molecule has 0 aliphatic heterocycles. The van der Waals surface area contributed by atoms with E-state index in [0.29, 0.717) is 18.1 Å². The molecule has 0 amide bonds. The van der Waals surface area contributed by atoms with Crippen molar-refractivity contribution < 1.29 is 18.7 Å². The summed E-state index contributed by atoms with van der Waals surface area (Å²) in [5, 5.41) is 8.62. The maximum Gasteiger partial charge on any atom is 0.336 e. The quantitative estimate of drug-likeness (QED) is 0.768. The van der Waals surface area contributed by atoms with Gasteiger partial charge < -0.3 is 5.11 Å². The molecule has 4 heteroatoms. The van der Waals surface area contributed by atoms with Crippen LogP contribution in [0, 0.1) is 11.6 Å². The Morgan fingerprint density at radius 1 is 1.38 bits per heavy atom. The predicted octanol–water partition coefficient (Wildman–Crippen LogP) is 2.23. The topological polar surface area (TPSA) is 37.3 Å². The van der Waals surface area contributed by atoms with E-state index in [9.17, 15) is 13.6 Å². The highest BCUT2D eigenvalue weighted by atomic mass is 19.2. The van der Waals surface area contributed by atoms with Gasteiger partial charge in [0.25, 0.3) is 0 Å². The van der Waals surface area contributed by atoms with Crippen LogP contribution in [0.2, 0.25) is 0 Å². The van der Waals surface area contributed by atoms with E-state index in [-0.39, 0.29) is 5.56 Å². The van der Waals surface area contributed by atoms with Gasteiger partial charge in [0.15, 0.2) is 11.6 Å². The minimum Gasteiger partial charge on any atom is -0.478 e. The van der Waals surface area contributed by atoms with Crippen LogP contribution in [-0.4, -0.2) is 11.1 Å². The average molecular weight is 186 g/mol. The fraction of sp³-hybridized carbons (Fsp3) is 0.222. The third kappa shape index (κ3) is 1.83. The van der Waals surface area contributed by atoms with Crippen LogP contribution < -0.4 is 0 Å². The van der Waals surface area contributed by atoms with Crippen LogP contribution in [0.1, 0.15) is 22.8 Å². The summed E-state index contributed by atoms with van der Waals surface area (Å²) in [6.45, 7) is 1.68. The second kappa shape index (κ2) is 3.51. The molecule has 0 fully saturated rings. The number of rotatable bonds is 2. The van der Waals surface area contributed by atoms with E-state index in [2.05, 4.69) is 0 Å². The standard InChI is InChI=1S/C9H8F2O2/c1-2-5-3-7(10)8(11)4-6(5)9(12)13/h3-4H,2H2,1H3,(H,12,13). The zero-order valence-corrected chi connectivity index (χ0v) is 6.97. The van der Waals surface area contributed by atoms with Gasteiger partial charge in [0.1, 0.15) is 0 Å². The molecule has 0 radical (unpaired) electrons. The number of carbonyl (C=O) groups is 1. The van der Waals surface area contributed by atoms with E-state index in [1.54, 1.807) is 6.92 Å². The Labute approximate surface area is 73.8 Å². The summed E-state index contributed by atoms with van der Waals surface area (Å²) in [5.41, 5.74) is 0.118. The number of benzene rings is 1. The third-order valence-electron chi connectivity index (χ3n) is 1.76. The van der Waals surface area contributed by atoms with Gasteiger partial charge in [0, 0.05) is 0 Å². The summed E-state index contributed by atoms with van der Waals surface area (Å²) in [4.78, 5) is 10.6. The van der Waals surface area contributed by atoms with E-state index in [0.717, 1.165) is 6.07 Å².